The lowest BCUT2D eigenvalue weighted by atomic mass is 10.0. The molecule has 3 nitrogen and oxygen atoms in total. The summed E-state index contributed by atoms with van der Waals surface area (Å²) in [6.45, 7) is -1.79. The van der Waals surface area contributed by atoms with Crippen LogP contribution in [0.3, 0.4) is 0 Å². The van der Waals surface area contributed by atoms with E-state index in [4.69, 9.17) is 0 Å². The third-order valence-corrected chi connectivity index (χ3v) is 3.96. The molecule has 0 unspecified atom stereocenters. The highest BCUT2D eigenvalue weighted by atomic mass is 19.3. The van der Waals surface area contributed by atoms with Gasteiger partial charge < -0.3 is 9.64 Å². The summed E-state index contributed by atoms with van der Waals surface area (Å²) in [4.78, 5) is 14.1. The van der Waals surface area contributed by atoms with Gasteiger partial charge in [-0.1, -0.05) is 36.4 Å². The number of carbonyl (C=O) groups is 1. The van der Waals surface area contributed by atoms with Crippen molar-refractivity contribution in [3.8, 4) is 5.75 Å². The first-order valence-electron chi connectivity index (χ1n) is 7.50. The molecule has 5 heteroatoms. The molecule has 0 bridgehead atoms. The van der Waals surface area contributed by atoms with E-state index < -0.39 is 6.61 Å². The second-order valence-electron chi connectivity index (χ2n) is 5.54. The SMILES string of the molecule is O=C1CCc2ccccc2CN1Cc1ccc(OC(F)F)cc1. The quantitative estimate of drug-likeness (QED) is 0.859. The molecule has 0 saturated heterocycles. The number of ether oxygens (including phenoxy) is 1. The minimum atomic E-state index is -2.83. The number of hydrogen-bond donors (Lipinski definition) is 0. The largest absolute Gasteiger partial charge is 0.435 e. The molecule has 1 aliphatic heterocycles. The van der Waals surface area contributed by atoms with Gasteiger partial charge in [-0.25, -0.2) is 0 Å². The maximum atomic E-state index is 12.3. The van der Waals surface area contributed by atoms with Crippen LogP contribution in [0.15, 0.2) is 48.5 Å². The van der Waals surface area contributed by atoms with Gasteiger partial charge in [0.05, 0.1) is 0 Å². The maximum Gasteiger partial charge on any atom is 0.387 e. The highest BCUT2D eigenvalue weighted by molar-refractivity contribution is 5.77. The summed E-state index contributed by atoms with van der Waals surface area (Å²) in [5.74, 6) is 0.227. The Labute approximate surface area is 133 Å². The smallest absolute Gasteiger partial charge is 0.387 e. The van der Waals surface area contributed by atoms with Gasteiger partial charge in [-0.05, 0) is 35.2 Å². The van der Waals surface area contributed by atoms with Crippen molar-refractivity contribution in [1.82, 2.24) is 4.90 Å². The van der Waals surface area contributed by atoms with Gasteiger partial charge >= 0.3 is 6.61 Å². The Kier molecular flexibility index (Phi) is 4.55. The summed E-state index contributed by atoms with van der Waals surface area (Å²) in [5, 5.41) is 0. The van der Waals surface area contributed by atoms with Gasteiger partial charge in [0.2, 0.25) is 5.91 Å². The third kappa shape index (κ3) is 3.86. The van der Waals surface area contributed by atoms with Crippen LogP contribution in [0.2, 0.25) is 0 Å². The summed E-state index contributed by atoms with van der Waals surface area (Å²) < 4.78 is 28.6. The number of nitrogens with zero attached hydrogens (tertiary/aromatic N) is 1. The monoisotopic (exact) mass is 317 g/mol. The fraction of sp³-hybridized carbons (Fsp3) is 0.278. The summed E-state index contributed by atoms with van der Waals surface area (Å²) in [7, 11) is 0. The molecule has 0 fully saturated rings. The molecule has 0 atom stereocenters. The lowest BCUT2D eigenvalue weighted by Crippen LogP contribution is -2.28. The lowest BCUT2D eigenvalue weighted by molar-refractivity contribution is -0.132. The zero-order valence-corrected chi connectivity index (χ0v) is 12.5. The van der Waals surface area contributed by atoms with Crippen molar-refractivity contribution in [3.63, 3.8) is 0 Å². The van der Waals surface area contributed by atoms with E-state index in [2.05, 4.69) is 10.8 Å². The number of amides is 1. The van der Waals surface area contributed by atoms with Gasteiger partial charge in [-0.2, -0.15) is 8.78 Å². The van der Waals surface area contributed by atoms with Crippen LogP contribution in [0, 0.1) is 0 Å². The van der Waals surface area contributed by atoms with Crippen LogP contribution in [0.1, 0.15) is 23.1 Å². The zero-order chi connectivity index (χ0) is 16.2. The van der Waals surface area contributed by atoms with Crippen molar-refractivity contribution in [2.24, 2.45) is 0 Å². The van der Waals surface area contributed by atoms with Crippen LogP contribution in [-0.2, 0) is 24.3 Å². The summed E-state index contributed by atoms with van der Waals surface area (Å²) in [6.07, 6.45) is 1.25. The van der Waals surface area contributed by atoms with Gasteiger partial charge in [-0.3, -0.25) is 4.79 Å². The van der Waals surface area contributed by atoms with Crippen molar-refractivity contribution >= 4 is 5.91 Å². The summed E-state index contributed by atoms with van der Waals surface area (Å²) >= 11 is 0. The molecule has 0 spiro atoms. The molecule has 1 heterocycles. The topological polar surface area (TPSA) is 29.5 Å². The van der Waals surface area contributed by atoms with Crippen LogP contribution in [0.25, 0.3) is 0 Å². The van der Waals surface area contributed by atoms with Crippen LogP contribution in [-0.4, -0.2) is 17.4 Å². The average molecular weight is 317 g/mol. The second-order valence-corrected chi connectivity index (χ2v) is 5.54. The zero-order valence-electron chi connectivity index (χ0n) is 12.5. The minimum Gasteiger partial charge on any atom is -0.435 e. The van der Waals surface area contributed by atoms with E-state index in [0.29, 0.717) is 19.5 Å². The third-order valence-electron chi connectivity index (χ3n) is 3.96. The van der Waals surface area contributed by atoms with Gasteiger partial charge in [0.25, 0.3) is 0 Å². The van der Waals surface area contributed by atoms with E-state index in [1.165, 1.54) is 17.7 Å². The Balaban J connectivity index is 1.72. The van der Waals surface area contributed by atoms with Crippen LogP contribution < -0.4 is 4.74 Å². The molecule has 0 saturated carbocycles. The summed E-state index contributed by atoms with van der Waals surface area (Å²) in [5.41, 5.74) is 3.26. The van der Waals surface area contributed by atoms with Crippen molar-refractivity contribution in [2.75, 3.05) is 0 Å². The van der Waals surface area contributed by atoms with Gasteiger partial charge in [-0.15, -0.1) is 0 Å². The van der Waals surface area contributed by atoms with E-state index in [9.17, 15) is 13.6 Å². The number of carbonyl (C=O) groups excluding carboxylic acids is 1. The van der Waals surface area contributed by atoms with Crippen molar-refractivity contribution in [2.45, 2.75) is 32.5 Å². The molecule has 2 aromatic carbocycles. The molecule has 3 rings (SSSR count). The molecule has 1 aliphatic rings. The summed E-state index contributed by atoms with van der Waals surface area (Å²) in [6, 6.07) is 14.5. The Morgan fingerprint density at radius 2 is 1.70 bits per heavy atom. The van der Waals surface area contributed by atoms with Crippen molar-refractivity contribution in [3.05, 3.63) is 65.2 Å². The molecular formula is C18H17F2NO2. The Hall–Kier alpha value is -2.43. The number of aryl methyl sites for hydroxylation is 1. The standard InChI is InChI=1S/C18H17F2NO2/c19-18(20)23-16-8-5-13(6-9-16)11-21-12-15-4-2-1-3-14(15)7-10-17(21)22/h1-6,8-9,18H,7,10-12H2. The van der Waals surface area contributed by atoms with Crippen molar-refractivity contribution < 1.29 is 18.3 Å². The van der Waals surface area contributed by atoms with Gasteiger partial charge in [0.15, 0.2) is 0 Å². The molecule has 0 aliphatic carbocycles. The molecule has 120 valence electrons. The highest BCUT2D eigenvalue weighted by Crippen LogP contribution is 2.22. The average Bonchev–Trinajstić information content (AvgIpc) is 2.69. The number of rotatable bonds is 4. The van der Waals surface area contributed by atoms with E-state index in [1.54, 1.807) is 17.0 Å². The molecule has 0 radical (unpaired) electrons. The van der Waals surface area contributed by atoms with Crippen LogP contribution in [0.4, 0.5) is 8.78 Å². The number of alkyl halides is 2. The number of benzene rings is 2. The first-order valence-corrected chi connectivity index (χ1v) is 7.50. The lowest BCUT2D eigenvalue weighted by Gasteiger charge is -2.21. The Morgan fingerprint density at radius 3 is 2.39 bits per heavy atom. The fourth-order valence-electron chi connectivity index (χ4n) is 2.79. The molecule has 2 aromatic rings. The normalized spacial score (nSPS) is 14.6. The minimum absolute atomic E-state index is 0.106. The van der Waals surface area contributed by atoms with Crippen molar-refractivity contribution in [1.29, 1.82) is 0 Å². The number of halogens is 2. The predicted octanol–water partition coefficient (Wildman–Crippen LogP) is 3.76. The molecule has 0 aromatic heterocycles. The Bertz CT molecular complexity index is 686. The van der Waals surface area contributed by atoms with Gasteiger partial charge in [0.1, 0.15) is 5.75 Å². The first kappa shape index (κ1) is 15.5. The van der Waals surface area contributed by atoms with Crippen LogP contribution in [0.5, 0.6) is 5.75 Å². The maximum absolute atomic E-state index is 12.3. The van der Waals surface area contributed by atoms with E-state index in [-0.39, 0.29) is 11.7 Å². The number of hydrogen-bond acceptors (Lipinski definition) is 2. The number of fused-ring (bicyclic) bond motifs is 1. The fourth-order valence-corrected chi connectivity index (χ4v) is 2.79. The van der Waals surface area contributed by atoms with Gasteiger partial charge in [0, 0.05) is 19.5 Å². The van der Waals surface area contributed by atoms with Crippen LogP contribution >= 0.6 is 0 Å². The predicted molar refractivity (Wildman–Crippen MR) is 82.1 cm³/mol. The second kappa shape index (κ2) is 6.77. The van der Waals surface area contributed by atoms with E-state index >= 15 is 0 Å². The Morgan fingerprint density at radius 1 is 1.00 bits per heavy atom. The highest BCUT2D eigenvalue weighted by Gasteiger charge is 2.20. The van der Waals surface area contributed by atoms with E-state index in [1.807, 2.05) is 18.2 Å². The molecule has 1 amide bonds. The molecule has 0 N–H and O–H groups in total. The molecule has 23 heavy (non-hydrogen) atoms. The van der Waals surface area contributed by atoms with E-state index in [0.717, 1.165) is 17.5 Å². The molecular weight excluding hydrogens is 300 g/mol. The first-order chi connectivity index (χ1) is 11.1.